The lowest BCUT2D eigenvalue weighted by molar-refractivity contribution is -0.210. The molecule has 0 aromatic rings. The maximum absolute atomic E-state index is 6.40. The van der Waals surface area contributed by atoms with Crippen molar-refractivity contribution in [1.29, 1.82) is 0 Å². The second-order valence-electron chi connectivity index (χ2n) is 4.59. The Balaban J connectivity index is 1.80. The summed E-state index contributed by atoms with van der Waals surface area (Å²) in [5.74, 6) is 0.695. The highest BCUT2D eigenvalue weighted by Gasteiger charge is 2.64. The van der Waals surface area contributed by atoms with Gasteiger partial charge in [0.15, 0.2) is 0 Å². The van der Waals surface area contributed by atoms with E-state index in [0.717, 1.165) is 6.61 Å². The van der Waals surface area contributed by atoms with Crippen molar-refractivity contribution in [3.05, 3.63) is 0 Å². The van der Waals surface area contributed by atoms with Crippen molar-refractivity contribution in [2.75, 3.05) is 6.61 Å². The first-order valence-electron chi connectivity index (χ1n) is 5.10. The third kappa shape index (κ3) is 0.706. The predicted molar refractivity (Wildman–Crippen MR) is 48.4 cm³/mol. The van der Waals surface area contributed by atoms with E-state index in [4.69, 9.17) is 16.3 Å². The number of hydrogen-bond donors (Lipinski definition) is 0. The zero-order valence-corrected chi connectivity index (χ0v) is 8.02. The van der Waals surface area contributed by atoms with Gasteiger partial charge in [0.2, 0.25) is 0 Å². The van der Waals surface area contributed by atoms with Gasteiger partial charge in [0.25, 0.3) is 0 Å². The van der Waals surface area contributed by atoms with E-state index in [-0.39, 0.29) is 0 Å². The Morgan fingerprint density at radius 2 is 2.08 bits per heavy atom. The fraction of sp³-hybridized carbons (Fsp3) is 1.00. The maximum Gasteiger partial charge on any atom is 0.0687 e. The molecule has 3 rings (SSSR count). The molecule has 3 unspecified atom stereocenters. The molecule has 1 saturated heterocycles. The molecule has 0 radical (unpaired) electrons. The number of fused-ring (bicyclic) bond motifs is 2. The van der Waals surface area contributed by atoms with Gasteiger partial charge in [-0.3, -0.25) is 0 Å². The number of halogens is 1. The topological polar surface area (TPSA) is 9.23 Å². The molecule has 0 aromatic carbocycles. The average Bonchev–Trinajstić information content (AvgIpc) is 2.01. The van der Waals surface area contributed by atoms with Crippen molar-refractivity contribution in [3.8, 4) is 0 Å². The fourth-order valence-corrected chi connectivity index (χ4v) is 3.91. The Morgan fingerprint density at radius 1 is 1.25 bits per heavy atom. The minimum atomic E-state index is 0.437. The summed E-state index contributed by atoms with van der Waals surface area (Å²) in [6, 6.07) is 0. The van der Waals surface area contributed by atoms with Crippen LogP contribution >= 0.6 is 11.6 Å². The van der Waals surface area contributed by atoms with Crippen LogP contribution in [0.15, 0.2) is 0 Å². The van der Waals surface area contributed by atoms with Crippen molar-refractivity contribution >= 4 is 11.6 Å². The first-order chi connectivity index (χ1) is 5.84. The summed E-state index contributed by atoms with van der Waals surface area (Å²) in [7, 11) is 0. The Kier molecular flexibility index (Phi) is 1.52. The molecule has 2 saturated carbocycles. The van der Waals surface area contributed by atoms with Crippen LogP contribution in [0.3, 0.4) is 0 Å². The molecule has 1 aliphatic heterocycles. The Hall–Kier alpha value is 0.250. The van der Waals surface area contributed by atoms with Crippen molar-refractivity contribution in [3.63, 3.8) is 0 Å². The Morgan fingerprint density at radius 3 is 2.75 bits per heavy atom. The first kappa shape index (κ1) is 7.64. The van der Waals surface area contributed by atoms with Gasteiger partial charge in [-0.05, 0) is 25.7 Å². The van der Waals surface area contributed by atoms with Crippen LogP contribution in [0.5, 0.6) is 0 Å². The summed E-state index contributed by atoms with van der Waals surface area (Å²) in [6.45, 7) is 0.979. The Bertz CT molecular complexity index is 200. The molecule has 0 N–H and O–H groups in total. The third-order valence-electron chi connectivity index (χ3n) is 4.14. The van der Waals surface area contributed by atoms with Gasteiger partial charge in [0, 0.05) is 23.3 Å². The third-order valence-corrected chi connectivity index (χ3v) is 4.90. The van der Waals surface area contributed by atoms with Crippen LogP contribution in [0, 0.1) is 11.3 Å². The van der Waals surface area contributed by atoms with Gasteiger partial charge < -0.3 is 4.74 Å². The van der Waals surface area contributed by atoms with E-state index in [2.05, 4.69) is 0 Å². The van der Waals surface area contributed by atoms with Crippen LogP contribution in [-0.4, -0.2) is 18.1 Å². The summed E-state index contributed by atoms with van der Waals surface area (Å²) in [5.41, 5.74) is 0.437. The van der Waals surface area contributed by atoms with E-state index in [9.17, 15) is 0 Å². The fourth-order valence-electron chi connectivity index (χ4n) is 3.31. The molecule has 3 fully saturated rings. The van der Waals surface area contributed by atoms with Crippen molar-refractivity contribution in [1.82, 2.24) is 0 Å². The predicted octanol–water partition coefficient (Wildman–Crippen LogP) is 2.57. The standard InChI is InChI=1S/C10H15ClO/c11-8-7-3-1-6-12-9(7)10(8)4-2-5-10/h7-9H,1-6H2. The first-order valence-corrected chi connectivity index (χ1v) is 5.54. The molecule has 0 bridgehead atoms. The molecule has 0 amide bonds. The summed E-state index contributed by atoms with van der Waals surface area (Å²) in [6.07, 6.45) is 7.09. The van der Waals surface area contributed by atoms with Gasteiger partial charge in [-0.1, -0.05) is 6.42 Å². The van der Waals surface area contributed by atoms with Crippen LogP contribution < -0.4 is 0 Å². The number of alkyl halides is 1. The molecule has 2 aliphatic carbocycles. The largest absolute Gasteiger partial charge is 0.377 e. The second kappa shape index (κ2) is 2.39. The van der Waals surface area contributed by atoms with Crippen LogP contribution in [0.4, 0.5) is 0 Å². The quantitative estimate of drug-likeness (QED) is 0.529. The normalized spacial score (nSPS) is 49.2. The molecule has 1 heterocycles. The lowest BCUT2D eigenvalue weighted by Gasteiger charge is -2.65. The molecular formula is C10H15ClO. The van der Waals surface area contributed by atoms with E-state index in [0.29, 0.717) is 22.8 Å². The SMILES string of the molecule is ClC1C2CCCOC2C12CCC2. The molecule has 1 nitrogen and oxygen atoms in total. The van der Waals surface area contributed by atoms with Crippen LogP contribution in [0.2, 0.25) is 0 Å². The number of rotatable bonds is 0. The van der Waals surface area contributed by atoms with Crippen molar-refractivity contribution < 1.29 is 4.74 Å². The molecule has 12 heavy (non-hydrogen) atoms. The van der Waals surface area contributed by atoms with E-state index < -0.39 is 0 Å². The molecule has 1 spiro atoms. The Labute approximate surface area is 78.4 Å². The molecule has 0 aromatic heterocycles. The monoisotopic (exact) mass is 186 g/mol. The smallest absolute Gasteiger partial charge is 0.0687 e. The lowest BCUT2D eigenvalue weighted by atomic mass is 9.48. The van der Waals surface area contributed by atoms with E-state index in [1.807, 2.05) is 0 Å². The minimum Gasteiger partial charge on any atom is -0.377 e. The highest BCUT2D eigenvalue weighted by Crippen LogP contribution is 2.64. The van der Waals surface area contributed by atoms with Gasteiger partial charge in [-0.25, -0.2) is 0 Å². The molecular weight excluding hydrogens is 172 g/mol. The summed E-state index contributed by atoms with van der Waals surface area (Å²) in [4.78, 5) is 0. The zero-order valence-electron chi connectivity index (χ0n) is 7.26. The van der Waals surface area contributed by atoms with E-state index in [1.54, 1.807) is 0 Å². The molecule has 2 heteroatoms. The highest BCUT2D eigenvalue weighted by molar-refractivity contribution is 6.22. The van der Waals surface area contributed by atoms with Gasteiger partial charge in [0.1, 0.15) is 0 Å². The average molecular weight is 187 g/mol. The molecule has 68 valence electrons. The van der Waals surface area contributed by atoms with E-state index in [1.165, 1.54) is 32.1 Å². The van der Waals surface area contributed by atoms with E-state index >= 15 is 0 Å². The second-order valence-corrected chi connectivity index (χ2v) is 5.06. The highest BCUT2D eigenvalue weighted by atomic mass is 35.5. The lowest BCUT2D eigenvalue weighted by Crippen LogP contribution is -2.67. The van der Waals surface area contributed by atoms with Gasteiger partial charge in [0.05, 0.1) is 6.10 Å². The summed E-state index contributed by atoms with van der Waals surface area (Å²) in [5, 5.41) is 0.441. The van der Waals surface area contributed by atoms with Gasteiger partial charge in [-0.15, -0.1) is 11.6 Å². The van der Waals surface area contributed by atoms with Gasteiger partial charge in [-0.2, -0.15) is 0 Å². The van der Waals surface area contributed by atoms with Crippen LogP contribution in [0.1, 0.15) is 32.1 Å². The van der Waals surface area contributed by atoms with Crippen LogP contribution in [-0.2, 0) is 4.74 Å². The molecule has 3 atom stereocenters. The van der Waals surface area contributed by atoms with Crippen molar-refractivity contribution in [2.24, 2.45) is 11.3 Å². The zero-order chi connectivity index (χ0) is 8.18. The summed E-state index contributed by atoms with van der Waals surface area (Å²) < 4.78 is 5.82. The van der Waals surface area contributed by atoms with Crippen molar-refractivity contribution in [2.45, 2.75) is 43.6 Å². The minimum absolute atomic E-state index is 0.437. The number of hydrogen-bond acceptors (Lipinski definition) is 1. The van der Waals surface area contributed by atoms with Crippen LogP contribution in [0.25, 0.3) is 0 Å². The molecule has 3 aliphatic rings. The van der Waals surface area contributed by atoms with Gasteiger partial charge >= 0.3 is 0 Å². The number of ether oxygens (including phenoxy) is 1. The summed E-state index contributed by atoms with van der Waals surface area (Å²) >= 11 is 6.40. The maximum atomic E-state index is 6.40.